The van der Waals surface area contributed by atoms with Gasteiger partial charge in [-0.1, -0.05) is 17.7 Å². The number of rotatable bonds is 3. The highest BCUT2D eigenvalue weighted by molar-refractivity contribution is 5.95. The van der Waals surface area contributed by atoms with Crippen molar-refractivity contribution in [2.75, 3.05) is 0 Å². The summed E-state index contributed by atoms with van der Waals surface area (Å²) in [5.74, 6) is 0.405. The third-order valence-corrected chi connectivity index (χ3v) is 2.84. The van der Waals surface area contributed by atoms with Crippen LogP contribution < -0.4 is 10.5 Å². The topological polar surface area (TPSA) is 65.2 Å². The number of aromatic nitrogens is 1. The largest absolute Gasteiger partial charge is 0.438 e. The molecule has 0 aliphatic rings. The van der Waals surface area contributed by atoms with E-state index in [1.165, 1.54) is 5.56 Å². The highest BCUT2D eigenvalue weighted by Gasteiger charge is 2.13. The Morgan fingerprint density at radius 1 is 1.21 bits per heavy atom. The number of amides is 1. The van der Waals surface area contributed by atoms with Crippen LogP contribution in [-0.4, -0.2) is 10.9 Å². The molecule has 0 aliphatic carbocycles. The molecule has 2 rings (SSSR count). The molecule has 1 heterocycles. The lowest BCUT2D eigenvalue weighted by Crippen LogP contribution is -2.13. The average Bonchev–Trinajstić information content (AvgIpc) is 2.34. The van der Waals surface area contributed by atoms with Crippen molar-refractivity contribution in [1.82, 2.24) is 4.98 Å². The number of carbonyl (C=O) groups is 1. The predicted octanol–water partition coefficient (Wildman–Crippen LogP) is 2.90. The summed E-state index contributed by atoms with van der Waals surface area (Å²) in [7, 11) is 0. The number of nitrogens with zero attached hydrogens (tertiary/aromatic N) is 1. The first-order chi connectivity index (χ1) is 8.99. The van der Waals surface area contributed by atoms with Crippen LogP contribution in [0.1, 0.15) is 27.0 Å². The Morgan fingerprint density at radius 3 is 2.42 bits per heavy atom. The van der Waals surface area contributed by atoms with Crippen LogP contribution in [0.2, 0.25) is 0 Å². The molecule has 19 heavy (non-hydrogen) atoms. The zero-order chi connectivity index (χ0) is 14.0. The highest BCUT2D eigenvalue weighted by Crippen LogP contribution is 2.30. The Hall–Kier alpha value is -2.36. The minimum Gasteiger partial charge on any atom is -0.438 e. The van der Waals surface area contributed by atoms with Crippen molar-refractivity contribution in [3.05, 3.63) is 52.7 Å². The molecule has 2 aromatic rings. The van der Waals surface area contributed by atoms with Gasteiger partial charge in [0.05, 0.1) is 0 Å². The molecular formula is C15H16N2O2. The van der Waals surface area contributed by atoms with Gasteiger partial charge >= 0.3 is 0 Å². The van der Waals surface area contributed by atoms with Gasteiger partial charge in [-0.25, -0.2) is 4.98 Å². The van der Waals surface area contributed by atoms with Crippen molar-refractivity contribution in [2.45, 2.75) is 20.8 Å². The lowest BCUT2D eigenvalue weighted by atomic mass is 10.1. The number of ether oxygens (including phenoxy) is 1. The smallest absolute Gasteiger partial charge is 0.254 e. The SMILES string of the molecule is Cc1cc(C)c(Oc2ncccc2C(N)=O)c(C)c1. The number of benzene rings is 1. The molecule has 4 heteroatoms. The van der Waals surface area contributed by atoms with Gasteiger partial charge in [-0.2, -0.15) is 0 Å². The molecule has 0 radical (unpaired) electrons. The van der Waals surface area contributed by atoms with Crippen molar-refractivity contribution < 1.29 is 9.53 Å². The van der Waals surface area contributed by atoms with Crippen LogP contribution in [-0.2, 0) is 0 Å². The van der Waals surface area contributed by atoms with Gasteiger partial charge in [0.25, 0.3) is 5.91 Å². The molecular weight excluding hydrogens is 240 g/mol. The third-order valence-electron chi connectivity index (χ3n) is 2.84. The molecule has 0 unspecified atom stereocenters. The van der Waals surface area contributed by atoms with Crippen molar-refractivity contribution in [1.29, 1.82) is 0 Å². The zero-order valence-corrected chi connectivity index (χ0v) is 11.2. The maximum absolute atomic E-state index is 11.3. The molecule has 4 nitrogen and oxygen atoms in total. The molecule has 0 bridgehead atoms. The quantitative estimate of drug-likeness (QED) is 0.918. The monoisotopic (exact) mass is 256 g/mol. The molecule has 0 spiro atoms. The van der Waals surface area contributed by atoms with Crippen molar-refractivity contribution in [3.8, 4) is 11.6 Å². The standard InChI is InChI=1S/C15H16N2O2/c1-9-7-10(2)13(11(3)8-9)19-15-12(14(16)18)5-4-6-17-15/h4-8H,1-3H3,(H2,16,18). The first-order valence-corrected chi connectivity index (χ1v) is 5.99. The van der Waals surface area contributed by atoms with Crippen LogP contribution in [0.15, 0.2) is 30.5 Å². The summed E-state index contributed by atoms with van der Waals surface area (Å²) in [6.45, 7) is 5.95. The fraction of sp³-hybridized carbons (Fsp3) is 0.200. The number of hydrogen-bond acceptors (Lipinski definition) is 3. The molecule has 1 aromatic carbocycles. The van der Waals surface area contributed by atoms with Crippen LogP contribution in [0, 0.1) is 20.8 Å². The Morgan fingerprint density at radius 2 is 1.84 bits per heavy atom. The van der Waals surface area contributed by atoms with Crippen molar-refractivity contribution in [2.24, 2.45) is 5.73 Å². The molecule has 98 valence electrons. The van der Waals surface area contributed by atoms with Crippen LogP contribution >= 0.6 is 0 Å². The van der Waals surface area contributed by atoms with Gasteiger partial charge in [0.1, 0.15) is 11.3 Å². The Bertz CT molecular complexity index is 613. The van der Waals surface area contributed by atoms with Gasteiger partial charge in [0.15, 0.2) is 0 Å². The number of nitrogens with two attached hydrogens (primary N) is 1. The number of aryl methyl sites for hydroxylation is 3. The summed E-state index contributed by atoms with van der Waals surface area (Å²) in [6, 6.07) is 7.30. The molecule has 0 saturated carbocycles. The minimum absolute atomic E-state index is 0.241. The first-order valence-electron chi connectivity index (χ1n) is 5.99. The van der Waals surface area contributed by atoms with Crippen LogP contribution in [0.25, 0.3) is 0 Å². The highest BCUT2D eigenvalue weighted by atomic mass is 16.5. The van der Waals surface area contributed by atoms with Gasteiger partial charge in [0.2, 0.25) is 5.88 Å². The first kappa shape index (κ1) is 13.1. The van der Waals surface area contributed by atoms with Gasteiger partial charge < -0.3 is 10.5 Å². The van der Waals surface area contributed by atoms with Crippen LogP contribution in [0.5, 0.6) is 11.6 Å². The lowest BCUT2D eigenvalue weighted by Gasteiger charge is -2.13. The molecule has 0 fully saturated rings. The normalized spacial score (nSPS) is 10.3. The summed E-state index contributed by atoms with van der Waals surface area (Å²) >= 11 is 0. The van der Waals surface area contributed by atoms with E-state index in [1.807, 2.05) is 32.9 Å². The van der Waals surface area contributed by atoms with Gasteiger partial charge in [-0.3, -0.25) is 4.79 Å². The molecule has 0 atom stereocenters. The lowest BCUT2D eigenvalue weighted by molar-refractivity contribution is 0.0997. The summed E-state index contributed by atoms with van der Waals surface area (Å²) in [4.78, 5) is 15.4. The van der Waals surface area contributed by atoms with E-state index in [9.17, 15) is 4.79 Å². The molecule has 0 aliphatic heterocycles. The van der Waals surface area contributed by atoms with Crippen molar-refractivity contribution >= 4 is 5.91 Å². The van der Waals surface area contributed by atoms with Gasteiger partial charge in [0, 0.05) is 6.20 Å². The summed E-state index contributed by atoms with van der Waals surface area (Å²) in [5, 5.41) is 0. The average molecular weight is 256 g/mol. The number of primary amides is 1. The van der Waals surface area contributed by atoms with Crippen molar-refractivity contribution in [3.63, 3.8) is 0 Å². The number of hydrogen-bond donors (Lipinski definition) is 1. The fourth-order valence-corrected chi connectivity index (χ4v) is 2.08. The second-order valence-electron chi connectivity index (χ2n) is 4.55. The summed E-state index contributed by atoms with van der Waals surface area (Å²) in [5.41, 5.74) is 8.75. The van der Waals surface area contributed by atoms with E-state index in [2.05, 4.69) is 4.98 Å². The number of carbonyl (C=O) groups excluding carboxylic acids is 1. The van der Waals surface area contributed by atoms with E-state index < -0.39 is 5.91 Å². The minimum atomic E-state index is -0.550. The Labute approximate surface area is 112 Å². The van der Waals surface area contributed by atoms with Crippen LogP contribution in [0.4, 0.5) is 0 Å². The number of pyridine rings is 1. The van der Waals surface area contributed by atoms with Gasteiger partial charge in [-0.15, -0.1) is 0 Å². The molecule has 0 saturated heterocycles. The van der Waals surface area contributed by atoms with E-state index in [4.69, 9.17) is 10.5 Å². The maximum atomic E-state index is 11.3. The van der Waals surface area contributed by atoms with E-state index in [0.717, 1.165) is 11.1 Å². The molecule has 1 aromatic heterocycles. The van der Waals surface area contributed by atoms with Crippen LogP contribution in [0.3, 0.4) is 0 Å². The second kappa shape index (κ2) is 5.10. The zero-order valence-electron chi connectivity index (χ0n) is 11.2. The Balaban J connectivity index is 2.45. The fourth-order valence-electron chi connectivity index (χ4n) is 2.08. The van der Waals surface area contributed by atoms with E-state index in [1.54, 1.807) is 18.3 Å². The molecule has 2 N–H and O–H groups in total. The molecule has 1 amide bonds. The Kier molecular flexibility index (Phi) is 3.51. The maximum Gasteiger partial charge on any atom is 0.254 e. The predicted molar refractivity (Wildman–Crippen MR) is 73.5 cm³/mol. The van der Waals surface area contributed by atoms with E-state index in [-0.39, 0.29) is 11.4 Å². The third kappa shape index (κ3) is 2.73. The van der Waals surface area contributed by atoms with E-state index in [0.29, 0.717) is 5.75 Å². The summed E-state index contributed by atoms with van der Waals surface area (Å²) in [6.07, 6.45) is 1.57. The van der Waals surface area contributed by atoms with Gasteiger partial charge in [-0.05, 0) is 44.0 Å². The summed E-state index contributed by atoms with van der Waals surface area (Å²) < 4.78 is 5.78. The second-order valence-corrected chi connectivity index (χ2v) is 4.55. The van der Waals surface area contributed by atoms with E-state index >= 15 is 0 Å².